The van der Waals surface area contributed by atoms with Gasteiger partial charge in [0.1, 0.15) is 11.7 Å². The highest BCUT2D eigenvalue weighted by atomic mass is 31.2. The van der Waals surface area contributed by atoms with E-state index in [1.54, 1.807) is 0 Å². The summed E-state index contributed by atoms with van der Waals surface area (Å²) >= 11 is 0. The second kappa shape index (κ2) is 16.1. The number of Topliss-reactive ketones (excluding diaryl/α,β-unsaturated/α-hetero) is 1. The number of carbonyl (C=O) groups is 2. The van der Waals surface area contributed by atoms with Gasteiger partial charge in [-0.05, 0) is 25.7 Å². The van der Waals surface area contributed by atoms with Crippen molar-refractivity contribution in [1.82, 2.24) is 0 Å². The number of esters is 1. The molecule has 0 aromatic carbocycles. The van der Waals surface area contributed by atoms with Gasteiger partial charge in [-0.25, -0.2) is 0 Å². The summed E-state index contributed by atoms with van der Waals surface area (Å²) in [6.07, 6.45) is 13.0. The highest BCUT2D eigenvalue weighted by molar-refractivity contribution is 7.52. The molecule has 28 heavy (non-hydrogen) atoms. The van der Waals surface area contributed by atoms with E-state index >= 15 is 0 Å². The molecule has 6 nitrogen and oxygen atoms in total. The highest BCUT2D eigenvalue weighted by Crippen LogP contribution is 2.43. The fraction of sp³-hybridized carbons (Fsp3) is 0.905. The number of hydrogen-bond donors (Lipinski definition) is 1. The van der Waals surface area contributed by atoms with Crippen molar-refractivity contribution in [1.29, 1.82) is 0 Å². The molecular formula is C21H41O6P. The standard InChI is InChI=1S/C21H41O6P/c1-5-6-7-8-9-10-11-12-13-14-15-19(16-17-28(24,25)27-4)20(18(2)22)21(23)26-3/h19-20H,5-17H2,1-4H3,(H,24,25). The third-order valence-corrected chi connectivity index (χ3v) is 6.75. The predicted molar refractivity (Wildman–Crippen MR) is 112 cm³/mol. The normalized spacial score (nSPS) is 15.6. The van der Waals surface area contributed by atoms with Gasteiger partial charge in [0.15, 0.2) is 0 Å². The number of ketones is 1. The van der Waals surface area contributed by atoms with Gasteiger partial charge >= 0.3 is 13.6 Å². The van der Waals surface area contributed by atoms with Crippen LogP contribution in [0, 0.1) is 11.8 Å². The lowest BCUT2D eigenvalue weighted by Crippen LogP contribution is -2.31. The lowest BCUT2D eigenvalue weighted by Gasteiger charge is -2.24. The molecule has 166 valence electrons. The number of carbonyl (C=O) groups excluding carboxylic acids is 2. The Morgan fingerprint density at radius 3 is 1.82 bits per heavy atom. The first-order valence-corrected chi connectivity index (χ1v) is 12.5. The van der Waals surface area contributed by atoms with Crippen LogP contribution in [0.2, 0.25) is 0 Å². The topological polar surface area (TPSA) is 89.9 Å². The number of methoxy groups -OCH3 is 1. The van der Waals surface area contributed by atoms with Crippen LogP contribution in [0.3, 0.4) is 0 Å². The molecule has 0 aliphatic carbocycles. The van der Waals surface area contributed by atoms with E-state index in [1.165, 1.54) is 66.1 Å². The molecule has 0 fully saturated rings. The van der Waals surface area contributed by atoms with Gasteiger partial charge in [-0.1, -0.05) is 71.1 Å². The maximum Gasteiger partial charge on any atom is 0.327 e. The molecule has 3 atom stereocenters. The Balaban J connectivity index is 4.43. The maximum atomic E-state index is 12.1. The highest BCUT2D eigenvalue weighted by Gasteiger charge is 2.34. The van der Waals surface area contributed by atoms with E-state index in [2.05, 4.69) is 11.4 Å². The Labute approximate surface area is 171 Å². The minimum Gasteiger partial charge on any atom is -0.468 e. The number of ether oxygens (including phenoxy) is 1. The van der Waals surface area contributed by atoms with Crippen molar-refractivity contribution in [2.75, 3.05) is 20.4 Å². The maximum absolute atomic E-state index is 12.1. The van der Waals surface area contributed by atoms with E-state index in [1.807, 2.05) is 0 Å². The van der Waals surface area contributed by atoms with E-state index in [4.69, 9.17) is 4.74 Å². The molecule has 0 saturated heterocycles. The zero-order valence-electron chi connectivity index (χ0n) is 18.3. The molecule has 0 aliphatic rings. The summed E-state index contributed by atoms with van der Waals surface area (Å²) < 4.78 is 21.2. The molecule has 1 N–H and O–H groups in total. The molecule has 0 heterocycles. The zero-order chi connectivity index (χ0) is 21.4. The summed E-state index contributed by atoms with van der Waals surface area (Å²) in [5, 5.41) is 0. The van der Waals surface area contributed by atoms with Gasteiger partial charge in [-0.3, -0.25) is 14.2 Å². The second-order valence-corrected chi connectivity index (χ2v) is 9.76. The molecule has 7 heteroatoms. The summed E-state index contributed by atoms with van der Waals surface area (Å²) in [6, 6.07) is 0. The van der Waals surface area contributed by atoms with Crippen LogP contribution in [-0.2, 0) is 23.4 Å². The van der Waals surface area contributed by atoms with Crippen molar-refractivity contribution in [3.05, 3.63) is 0 Å². The van der Waals surface area contributed by atoms with Crippen LogP contribution in [0.25, 0.3) is 0 Å². The Hall–Kier alpha value is -0.710. The largest absolute Gasteiger partial charge is 0.468 e. The van der Waals surface area contributed by atoms with E-state index < -0.39 is 19.5 Å². The molecule has 0 aliphatic heterocycles. The average molecular weight is 421 g/mol. The summed E-state index contributed by atoms with van der Waals surface area (Å²) in [5.74, 6) is -1.99. The molecule has 0 bridgehead atoms. The third-order valence-electron chi connectivity index (χ3n) is 5.36. The van der Waals surface area contributed by atoms with Gasteiger partial charge < -0.3 is 14.2 Å². The van der Waals surface area contributed by atoms with Crippen LogP contribution >= 0.6 is 7.60 Å². The van der Waals surface area contributed by atoms with Gasteiger partial charge in [0, 0.05) is 7.11 Å². The molecule has 0 spiro atoms. The molecular weight excluding hydrogens is 379 g/mol. The first kappa shape index (κ1) is 27.3. The molecule has 0 aromatic rings. The van der Waals surface area contributed by atoms with Crippen molar-refractivity contribution in [3.8, 4) is 0 Å². The van der Waals surface area contributed by atoms with Crippen LogP contribution in [0.5, 0.6) is 0 Å². The predicted octanol–water partition coefficient (Wildman–Crippen LogP) is 5.51. The van der Waals surface area contributed by atoms with Crippen molar-refractivity contribution >= 4 is 19.3 Å². The summed E-state index contributed by atoms with van der Waals surface area (Å²) in [7, 11) is -1.20. The van der Waals surface area contributed by atoms with Gasteiger partial charge in [0.2, 0.25) is 0 Å². The van der Waals surface area contributed by atoms with Gasteiger partial charge in [-0.15, -0.1) is 0 Å². The summed E-state index contributed by atoms with van der Waals surface area (Å²) in [6.45, 7) is 3.60. The van der Waals surface area contributed by atoms with Crippen molar-refractivity contribution < 1.29 is 28.3 Å². The van der Waals surface area contributed by atoms with Crippen LogP contribution in [0.15, 0.2) is 0 Å². The fourth-order valence-electron chi connectivity index (χ4n) is 3.61. The molecule has 3 unspecified atom stereocenters. The van der Waals surface area contributed by atoms with E-state index in [9.17, 15) is 19.0 Å². The minimum atomic E-state index is -3.67. The smallest absolute Gasteiger partial charge is 0.327 e. The van der Waals surface area contributed by atoms with E-state index in [-0.39, 0.29) is 17.9 Å². The third kappa shape index (κ3) is 12.7. The Morgan fingerprint density at radius 2 is 1.39 bits per heavy atom. The molecule has 0 saturated carbocycles. The molecule has 0 rings (SSSR count). The van der Waals surface area contributed by atoms with Gasteiger partial charge in [0.05, 0.1) is 13.3 Å². The van der Waals surface area contributed by atoms with Gasteiger partial charge in [0.25, 0.3) is 0 Å². The van der Waals surface area contributed by atoms with E-state index in [0.717, 1.165) is 19.3 Å². The first-order valence-electron chi connectivity index (χ1n) is 10.7. The number of unbranched alkanes of at least 4 members (excludes halogenated alkanes) is 9. The van der Waals surface area contributed by atoms with Crippen LogP contribution in [0.4, 0.5) is 0 Å². The Kier molecular flexibility index (Phi) is 15.7. The Bertz CT molecular complexity index is 480. The van der Waals surface area contributed by atoms with Gasteiger partial charge in [-0.2, -0.15) is 0 Å². The fourth-order valence-corrected chi connectivity index (χ4v) is 4.45. The number of hydrogen-bond acceptors (Lipinski definition) is 5. The number of rotatable bonds is 18. The van der Waals surface area contributed by atoms with Crippen molar-refractivity contribution in [3.63, 3.8) is 0 Å². The first-order chi connectivity index (χ1) is 13.3. The van der Waals surface area contributed by atoms with Crippen LogP contribution in [-0.4, -0.2) is 37.0 Å². The van der Waals surface area contributed by atoms with E-state index in [0.29, 0.717) is 12.8 Å². The molecule has 0 amide bonds. The Morgan fingerprint density at radius 1 is 0.893 bits per heavy atom. The SMILES string of the molecule is CCCCCCCCCCCCC(CCP(=O)(O)OC)C(C(C)=O)C(=O)OC. The van der Waals surface area contributed by atoms with Crippen LogP contribution in [0.1, 0.15) is 90.9 Å². The monoisotopic (exact) mass is 420 g/mol. The van der Waals surface area contributed by atoms with Crippen molar-refractivity contribution in [2.45, 2.75) is 90.9 Å². The second-order valence-electron chi connectivity index (χ2n) is 7.67. The summed E-state index contributed by atoms with van der Waals surface area (Å²) in [5.41, 5.74) is 0. The molecule has 0 radical (unpaired) electrons. The van der Waals surface area contributed by atoms with Crippen LogP contribution < -0.4 is 0 Å². The quantitative estimate of drug-likeness (QED) is 0.136. The lowest BCUT2D eigenvalue weighted by atomic mass is 9.83. The summed E-state index contributed by atoms with van der Waals surface area (Å²) in [4.78, 5) is 33.7. The zero-order valence-corrected chi connectivity index (χ0v) is 19.2. The average Bonchev–Trinajstić information content (AvgIpc) is 2.66. The van der Waals surface area contributed by atoms with Crippen molar-refractivity contribution in [2.24, 2.45) is 11.8 Å². The minimum absolute atomic E-state index is 0.0628. The molecule has 0 aromatic heterocycles. The lowest BCUT2D eigenvalue weighted by molar-refractivity contribution is -0.151.